The fraction of sp³-hybridized carbons (Fsp3) is 0.667. The van der Waals surface area contributed by atoms with E-state index in [0.29, 0.717) is 26.3 Å². The van der Waals surface area contributed by atoms with E-state index in [2.05, 4.69) is 29.8 Å². The second-order valence-corrected chi connectivity index (χ2v) is 6.16. The van der Waals surface area contributed by atoms with Crippen LogP contribution in [0, 0.1) is 0 Å². The zero-order valence-corrected chi connectivity index (χ0v) is 13.1. The van der Waals surface area contributed by atoms with Crippen molar-refractivity contribution in [3.8, 4) is 0 Å². The lowest BCUT2D eigenvalue weighted by atomic mass is 10.1. The first-order valence-corrected chi connectivity index (χ1v) is 8.26. The maximum absolute atomic E-state index is 12.4. The highest BCUT2D eigenvalue weighted by Crippen LogP contribution is 2.24. The number of hydrogen-bond donors (Lipinski definition) is 1. The molecule has 1 aromatic heterocycles. The monoisotopic (exact) mass is 296 g/mol. The van der Waals surface area contributed by atoms with Gasteiger partial charge in [0.05, 0.1) is 19.3 Å². The minimum Gasteiger partial charge on any atom is -0.378 e. The minimum atomic E-state index is -0.147. The van der Waals surface area contributed by atoms with Crippen molar-refractivity contribution in [3.05, 3.63) is 22.4 Å². The second kappa shape index (κ2) is 7.76. The van der Waals surface area contributed by atoms with Gasteiger partial charge in [-0.2, -0.15) is 0 Å². The molecule has 1 saturated heterocycles. The Hall–Kier alpha value is -0.910. The summed E-state index contributed by atoms with van der Waals surface area (Å²) in [6.45, 7) is 6.87. The Balaban J connectivity index is 1.93. The molecule has 1 amide bonds. The van der Waals surface area contributed by atoms with Gasteiger partial charge in [-0.05, 0) is 24.8 Å². The Bertz CT molecular complexity index is 402. The van der Waals surface area contributed by atoms with Crippen molar-refractivity contribution < 1.29 is 9.53 Å². The van der Waals surface area contributed by atoms with Crippen LogP contribution < -0.4 is 5.32 Å². The number of thiophene rings is 1. The molecule has 2 rings (SSSR count). The number of nitrogens with one attached hydrogen (secondary N) is 1. The van der Waals surface area contributed by atoms with Gasteiger partial charge in [0.2, 0.25) is 5.91 Å². The van der Waals surface area contributed by atoms with Gasteiger partial charge in [-0.25, -0.2) is 0 Å². The van der Waals surface area contributed by atoms with E-state index in [-0.39, 0.29) is 18.0 Å². The average molecular weight is 296 g/mol. The number of rotatable bonds is 6. The predicted molar refractivity (Wildman–Crippen MR) is 82.0 cm³/mol. The van der Waals surface area contributed by atoms with Crippen LogP contribution in [-0.4, -0.2) is 43.2 Å². The lowest BCUT2D eigenvalue weighted by Crippen LogP contribution is -2.49. The predicted octanol–water partition coefficient (Wildman–Crippen LogP) is 2.43. The van der Waals surface area contributed by atoms with Crippen LogP contribution in [0.2, 0.25) is 0 Å². The highest BCUT2D eigenvalue weighted by molar-refractivity contribution is 7.10. The van der Waals surface area contributed by atoms with Crippen molar-refractivity contribution in [2.75, 3.05) is 26.3 Å². The van der Waals surface area contributed by atoms with Crippen LogP contribution in [0.15, 0.2) is 17.5 Å². The summed E-state index contributed by atoms with van der Waals surface area (Å²) in [5, 5.41) is 5.59. The van der Waals surface area contributed by atoms with Gasteiger partial charge in [0.15, 0.2) is 0 Å². The van der Waals surface area contributed by atoms with E-state index < -0.39 is 0 Å². The van der Waals surface area contributed by atoms with Crippen LogP contribution in [0.3, 0.4) is 0 Å². The standard InChI is InChI=1S/C15H24N2O2S/c1-3-5-13(14-6-4-11-20-14)16-12(2)15(18)17-7-9-19-10-8-17/h4,6,11-13,16H,3,5,7-10H2,1-2H3. The topological polar surface area (TPSA) is 41.6 Å². The molecule has 20 heavy (non-hydrogen) atoms. The Morgan fingerprint density at radius 1 is 1.50 bits per heavy atom. The van der Waals surface area contributed by atoms with Crippen molar-refractivity contribution in [2.24, 2.45) is 0 Å². The van der Waals surface area contributed by atoms with E-state index in [1.165, 1.54) is 4.88 Å². The van der Waals surface area contributed by atoms with Gasteiger partial charge >= 0.3 is 0 Å². The number of carbonyl (C=O) groups excluding carboxylic acids is 1. The fourth-order valence-electron chi connectivity index (χ4n) is 2.52. The summed E-state index contributed by atoms with van der Waals surface area (Å²) in [6.07, 6.45) is 2.16. The van der Waals surface area contributed by atoms with Crippen LogP contribution in [0.1, 0.15) is 37.6 Å². The molecule has 112 valence electrons. The molecule has 1 fully saturated rings. The Kier molecular flexibility index (Phi) is 6.01. The summed E-state index contributed by atoms with van der Waals surface area (Å²) < 4.78 is 5.30. The molecule has 0 saturated carbocycles. The number of amides is 1. The number of ether oxygens (including phenoxy) is 1. The van der Waals surface area contributed by atoms with Gasteiger partial charge in [-0.3, -0.25) is 10.1 Å². The normalized spacial score (nSPS) is 18.8. The van der Waals surface area contributed by atoms with Crippen LogP contribution >= 0.6 is 11.3 Å². The van der Waals surface area contributed by atoms with E-state index in [4.69, 9.17) is 4.74 Å². The maximum atomic E-state index is 12.4. The van der Waals surface area contributed by atoms with Gasteiger partial charge in [0.1, 0.15) is 0 Å². The van der Waals surface area contributed by atoms with Gasteiger partial charge < -0.3 is 9.64 Å². The zero-order valence-electron chi connectivity index (χ0n) is 12.3. The molecule has 0 aliphatic carbocycles. The maximum Gasteiger partial charge on any atom is 0.239 e. The van der Waals surface area contributed by atoms with E-state index in [1.54, 1.807) is 11.3 Å². The number of morpholine rings is 1. The van der Waals surface area contributed by atoms with E-state index in [0.717, 1.165) is 12.8 Å². The Morgan fingerprint density at radius 3 is 2.85 bits per heavy atom. The summed E-state index contributed by atoms with van der Waals surface area (Å²) in [5.41, 5.74) is 0. The summed E-state index contributed by atoms with van der Waals surface area (Å²) in [6, 6.07) is 4.34. The molecule has 1 aliphatic rings. The van der Waals surface area contributed by atoms with Gasteiger partial charge in [0.25, 0.3) is 0 Å². The van der Waals surface area contributed by atoms with Crippen molar-refractivity contribution in [1.29, 1.82) is 0 Å². The quantitative estimate of drug-likeness (QED) is 0.876. The third-order valence-corrected chi connectivity index (χ3v) is 4.59. The number of nitrogens with zero attached hydrogens (tertiary/aromatic N) is 1. The molecule has 0 aromatic carbocycles. The van der Waals surface area contributed by atoms with Crippen molar-refractivity contribution in [1.82, 2.24) is 10.2 Å². The molecule has 1 N–H and O–H groups in total. The summed E-state index contributed by atoms with van der Waals surface area (Å²) in [5.74, 6) is 0.186. The third-order valence-electron chi connectivity index (χ3n) is 3.61. The van der Waals surface area contributed by atoms with E-state index in [1.807, 2.05) is 11.8 Å². The van der Waals surface area contributed by atoms with E-state index >= 15 is 0 Å². The fourth-order valence-corrected chi connectivity index (χ4v) is 3.34. The average Bonchev–Trinajstić information content (AvgIpc) is 3.01. The van der Waals surface area contributed by atoms with Crippen LogP contribution in [0.5, 0.6) is 0 Å². The Labute approximate surface area is 125 Å². The smallest absolute Gasteiger partial charge is 0.239 e. The van der Waals surface area contributed by atoms with Crippen LogP contribution in [-0.2, 0) is 9.53 Å². The van der Waals surface area contributed by atoms with Crippen LogP contribution in [0.4, 0.5) is 0 Å². The molecular formula is C15H24N2O2S. The van der Waals surface area contributed by atoms with Crippen molar-refractivity contribution >= 4 is 17.2 Å². The molecule has 4 nitrogen and oxygen atoms in total. The molecule has 5 heteroatoms. The summed E-state index contributed by atoms with van der Waals surface area (Å²) in [4.78, 5) is 15.6. The Morgan fingerprint density at radius 2 is 2.25 bits per heavy atom. The first-order valence-electron chi connectivity index (χ1n) is 7.38. The SMILES string of the molecule is CCCC(NC(C)C(=O)N1CCOCC1)c1cccs1. The molecular weight excluding hydrogens is 272 g/mol. The summed E-state index contributed by atoms with van der Waals surface area (Å²) in [7, 11) is 0. The molecule has 0 radical (unpaired) electrons. The third kappa shape index (κ3) is 4.04. The van der Waals surface area contributed by atoms with Crippen LogP contribution in [0.25, 0.3) is 0 Å². The van der Waals surface area contributed by atoms with Crippen molar-refractivity contribution in [2.45, 2.75) is 38.8 Å². The molecule has 2 heterocycles. The first kappa shape index (κ1) is 15.5. The molecule has 2 unspecified atom stereocenters. The minimum absolute atomic E-state index is 0.147. The lowest BCUT2D eigenvalue weighted by molar-refractivity contribution is -0.137. The molecule has 0 bridgehead atoms. The molecule has 1 aromatic rings. The second-order valence-electron chi connectivity index (χ2n) is 5.18. The number of carbonyl (C=O) groups is 1. The molecule has 1 aliphatic heterocycles. The summed E-state index contributed by atoms with van der Waals surface area (Å²) >= 11 is 1.75. The lowest BCUT2D eigenvalue weighted by Gasteiger charge is -2.31. The molecule has 2 atom stereocenters. The zero-order chi connectivity index (χ0) is 14.4. The highest BCUT2D eigenvalue weighted by Gasteiger charge is 2.24. The van der Waals surface area contributed by atoms with Gasteiger partial charge in [-0.1, -0.05) is 19.4 Å². The van der Waals surface area contributed by atoms with Gasteiger partial charge in [0, 0.05) is 24.0 Å². The van der Waals surface area contributed by atoms with E-state index in [9.17, 15) is 4.79 Å². The largest absolute Gasteiger partial charge is 0.378 e. The highest BCUT2D eigenvalue weighted by atomic mass is 32.1. The number of hydrogen-bond acceptors (Lipinski definition) is 4. The van der Waals surface area contributed by atoms with Crippen molar-refractivity contribution in [3.63, 3.8) is 0 Å². The van der Waals surface area contributed by atoms with Gasteiger partial charge in [-0.15, -0.1) is 11.3 Å². The first-order chi connectivity index (χ1) is 9.72. The molecule has 0 spiro atoms.